The molecule has 8 nitrogen and oxygen atoms in total. The molecule has 1 aliphatic carbocycles. The van der Waals surface area contributed by atoms with Crippen molar-refractivity contribution in [2.75, 3.05) is 71.9 Å². The van der Waals surface area contributed by atoms with Crippen LogP contribution in [-0.4, -0.2) is 96.5 Å². The van der Waals surface area contributed by atoms with E-state index < -0.39 is 20.3 Å². The lowest BCUT2D eigenvalue weighted by molar-refractivity contribution is -0.462. The van der Waals surface area contributed by atoms with Gasteiger partial charge in [-0.05, 0) is 75.3 Å². The molecule has 0 radical (unpaired) electrons. The van der Waals surface area contributed by atoms with Crippen molar-refractivity contribution in [1.82, 2.24) is 5.32 Å². The van der Waals surface area contributed by atoms with Crippen molar-refractivity contribution < 1.29 is 29.1 Å². The Morgan fingerprint density at radius 1 is 0.979 bits per heavy atom. The number of nitrogens with one attached hydrogen (secondary N) is 1. The number of aliphatic hydroxyl groups excluding tert-OH is 1. The van der Waals surface area contributed by atoms with Crippen LogP contribution in [0.15, 0.2) is 65.4 Å². The second-order valence-electron chi connectivity index (χ2n) is 13.0. The lowest BCUT2D eigenvalue weighted by Crippen LogP contribution is -2.50. The van der Waals surface area contributed by atoms with E-state index in [1.54, 1.807) is 18.2 Å². The highest BCUT2D eigenvalue weighted by molar-refractivity contribution is 6.98. The number of rotatable bonds is 17. The van der Waals surface area contributed by atoms with Gasteiger partial charge >= 0.3 is 0 Å². The quantitative estimate of drug-likeness (QED) is 0.0858. The summed E-state index contributed by atoms with van der Waals surface area (Å²) in [6.07, 6.45) is 9.74. The molecule has 0 bridgehead atoms. The number of anilines is 1. The van der Waals surface area contributed by atoms with Crippen LogP contribution in [0.25, 0.3) is 5.57 Å². The lowest BCUT2D eigenvalue weighted by Gasteiger charge is -2.38. The zero-order valence-corrected chi connectivity index (χ0v) is 30.5. The molecule has 2 aromatic carbocycles. The number of fused-ring (bicyclic) bond motifs is 2. The zero-order chi connectivity index (χ0) is 34.1. The van der Waals surface area contributed by atoms with Crippen molar-refractivity contribution in [1.29, 1.82) is 0 Å². The van der Waals surface area contributed by atoms with E-state index in [0.717, 1.165) is 53.8 Å². The summed E-state index contributed by atoms with van der Waals surface area (Å²) in [6, 6.07) is 11.4. The Labute approximate surface area is 286 Å². The van der Waals surface area contributed by atoms with Gasteiger partial charge in [-0.25, -0.2) is 4.58 Å². The van der Waals surface area contributed by atoms with Gasteiger partial charge in [0.05, 0.1) is 25.8 Å². The molecule has 0 aromatic heterocycles. The molecule has 1 unspecified atom stereocenters. The van der Waals surface area contributed by atoms with Gasteiger partial charge in [0.1, 0.15) is 28.4 Å². The second kappa shape index (κ2) is 16.9. The van der Waals surface area contributed by atoms with E-state index in [9.17, 15) is 15.0 Å². The van der Waals surface area contributed by atoms with Gasteiger partial charge in [-0.15, -0.1) is 11.6 Å². The van der Waals surface area contributed by atoms with Crippen molar-refractivity contribution in [2.45, 2.75) is 45.0 Å². The number of aliphatic hydroxyl groups is 1. The molecule has 0 amide bonds. The Kier molecular flexibility index (Phi) is 13.2. The number of carboxylic acids is 1. The number of benzene rings is 2. The van der Waals surface area contributed by atoms with Gasteiger partial charge < -0.3 is 29.4 Å². The molecule has 2 aromatic rings. The summed E-state index contributed by atoms with van der Waals surface area (Å²) in [5, 5.41) is 29.2. The average Bonchev–Trinajstić information content (AvgIpc) is 3.04. The van der Waals surface area contributed by atoms with E-state index in [0.29, 0.717) is 50.0 Å². The maximum absolute atomic E-state index is 12.5. The summed E-state index contributed by atoms with van der Waals surface area (Å²) in [5.41, 5.74) is 6.25. The number of nitrogens with zero attached hydrogens (tertiary/aromatic N) is 2. The summed E-state index contributed by atoms with van der Waals surface area (Å²) in [5.74, 6) is -0.547. The Hall–Kier alpha value is -3.05. The predicted octanol–water partition coefficient (Wildman–Crippen LogP) is 4.01. The first-order valence-electron chi connectivity index (χ1n) is 16.5. The highest BCUT2D eigenvalue weighted by Gasteiger charge is 2.41. The molecule has 0 spiro atoms. The molecule has 1 aliphatic heterocycles. The fourth-order valence-corrected chi connectivity index (χ4v) is 9.41. The van der Waals surface area contributed by atoms with Gasteiger partial charge in [-0.2, -0.15) is 0 Å². The number of carbonyl (C=O) groups is 1. The van der Waals surface area contributed by atoms with Crippen LogP contribution in [0.2, 0.25) is 13.1 Å². The van der Waals surface area contributed by atoms with E-state index >= 15 is 0 Å². The molecule has 2 N–H and O–H groups in total. The van der Waals surface area contributed by atoms with Crippen LogP contribution in [0.1, 0.15) is 59.0 Å². The number of ether oxygens (including phenoxy) is 2. The summed E-state index contributed by atoms with van der Waals surface area (Å²) in [4.78, 5) is 14.6. The van der Waals surface area contributed by atoms with E-state index in [2.05, 4.69) is 64.3 Å². The van der Waals surface area contributed by atoms with E-state index in [1.165, 1.54) is 10.4 Å². The van der Waals surface area contributed by atoms with Crippen molar-refractivity contribution in [2.24, 2.45) is 0 Å². The summed E-state index contributed by atoms with van der Waals surface area (Å²) < 4.78 is 13.4. The molecule has 2 aliphatic rings. The maximum atomic E-state index is 12.5. The van der Waals surface area contributed by atoms with Crippen molar-refractivity contribution in [3.63, 3.8) is 0 Å². The van der Waals surface area contributed by atoms with Gasteiger partial charge in [0, 0.05) is 56.5 Å². The van der Waals surface area contributed by atoms with Gasteiger partial charge in [0.25, 0.3) is 0 Å². The van der Waals surface area contributed by atoms with Crippen LogP contribution in [0.4, 0.5) is 5.69 Å². The molecule has 1 atom stereocenters. The van der Waals surface area contributed by atoms with Crippen molar-refractivity contribution in [3.05, 3.63) is 87.6 Å². The maximum Gasteiger partial charge on any atom is 0.199 e. The first-order chi connectivity index (χ1) is 22.5. The molecule has 0 fully saturated rings. The minimum absolute atomic E-state index is 0.0879. The standard InChI is InChI=1S/C37H50ClN3O5Si/c1-40(2)27-12-15-30-33(24-27)47(5,6)34-25-28(41(3)4)13-16-31(34)35(30)32-23-26(11-14-29(32)37(43)44)36(42)39-18-20-46-22-21-45-19-10-8-7-9-17-38/h11-16,23-25,36,39,42H,7-10,17-22H2,1-6H3. The third-order valence-electron chi connectivity index (χ3n) is 8.90. The van der Waals surface area contributed by atoms with Crippen molar-refractivity contribution >= 4 is 47.8 Å². The fourth-order valence-electron chi connectivity index (χ4n) is 6.15. The lowest BCUT2D eigenvalue weighted by atomic mass is 9.86. The number of unbranched alkanes of at least 4 members (excludes halogenated alkanes) is 3. The first-order valence-corrected chi connectivity index (χ1v) is 20.0. The number of alkyl halides is 1. The molecular weight excluding hydrogens is 630 g/mol. The molecule has 0 saturated carbocycles. The number of carboxylic acid groups (broad SMARTS) is 1. The summed E-state index contributed by atoms with van der Waals surface area (Å²) in [7, 11) is 5.90. The third-order valence-corrected chi connectivity index (χ3v) is 12.7. The second-order valence-corrected chi connectivity index (χ2v) is 17.7. The fraction of sp³-hybridized carbons (Fsp3) is 0.459. The normalized spacial score (nSPS) is 15.7. The van der Waals surface area contributed by atoms with Gasteiger partial charge in [0.2, 0.25) is 0 Å². The van der Waals surface area contributed by atoms with E-state index in [-0.39, 0.29) is 5.56 Å². The molecule has 47 heavy (non-hydrogen) atoms. The van der Waals surface area contributed by atoms with E-state index in [1.807, 2.05) is 28.2 Å². The smallest absolute Gasteiger partial charge is 0.199 e. The topological polar surface area (TPSA) is 97.1 Å². The molecular formula is C37H50ClN3O5Si. The van der Waals surface area contributed by atoms with Gasteiger partial charge in [0.15, 0.2) is 5.71 Å². The largest absolute Gasteiger partial charge is 0.545 e. The van der Waals surface area contributed by atoms with Crippen LogP contribution in [0.3, 0.4) is 0 Å². The molecule has 10 heteroatoms. The average molecular weight is 680 g/mol. The zero-order valence-electron chi connectivity index (χ0n) is 28.7. The monoisotopic (exact) mass is 679 g/mol. The minimum atomic E-state index is -2.21. The van der Waals surface area contributed by atoms with Gasteiger partial charge in [-0.3, -0.25) is 5.32 Å². The van der Waals surface area contributed by atoms with Crippen LogP contribution >= 0.6 is 11.6 Å². The SMILES string of the molecule is CN(C)c1ccc2c(c1)[Si](C)(C)C1=CC(=[N+](C)C)C=CC1=C2c1cc(C(O)NCCOCCOCCCCCCCl)ccc1C(=O)[O-]. The van der Waals surface area contributed by atoms with Gasteiger partial charge in [-0.1, -0.05) is 44.1 Å². The number of halogens is 1. The highest BCUT2D eigenvalue weighted by Crippen LogP contribution is 2.43. The summed E-state index contributed by atoms with van der Waals surface area (Å²) >= 11 is 5.71. The van der Waals surface area contributed by atoms with Crippen LogP contribution in [0.5, 0.6) is 0 Å². The number of hydrogen-bond acceptors (Lipinski definition) is 7. The minimum Gasteiger partial charge on any atom is -0.545 e. The Morgan fingerprint density at radius 3 is 2.38 bits per heavy atom. The molecule has 0 saturated heterocycles. The van der Waals surface area contributed by atoms with Crippen LogP contribution in [-0.2, 0) is 9.47 Å². The number of allylic oxidation sites excluding steroid dienone is 5. The highest BCUT2D eigenvalue weighted by atomic mass is 35.5. The predicted molar refractivity (Wildman–Crippen MR) is 193 cm³/mol. The van der Waals surface area contributed by atoms with Crippen LogP contribution in [0, 0.1) is 0 Å². The Balaban J connectivity index is 1.58. The van der Waals surface area contributed by atoms with Crippen LogP contribution < -0.4 is 20.5 Å². The first kappa shape index (κ1) is 36.8. The molecule has 4 rings (SSSR count). The molecule has 1 heterocycles. The molecule has 254 valence electrons. The number of aromatic carboxylic acids is 1. The Morgan fingerprint density at radius 2 is 1.70 bits per heavy atom. The Bertz CT molecular complexity index is 1560. The summed E-state index contributed by atoms with van der Waals surface area (Å²) in [6.45, 7) is 7.24. The van der Waals surface area contributed by atoms with E-state index in [4.69, 9.17) is 21.1 Å². The number of hydrogen-bond donors (Lipinski definition) is 2. The number of carbonyl (C=O) groups excluding carboxylic acids is 1. The van der Waals surface area contributed by atoms with Crippen molar-refractivity contribution in [3.8, 4) is 0 Å². The third kappa shape index (κ3) is 8.90.